The zero-order valence-corrected chi connectivity index (χ0v) is 42.0. The highest BCUT2D eigenvalue weighted by Crippen LogP contribution is 2.42. The highest BCUT2D eigenvalue weighted by Gasteiger charge is 2.23. The molecule has 0 fully saturated rings. The van der Waals surface area contributed by atoms with E-state index in [1.165, 1.54) is 0 Å². The number of ether oxygens (including phenoxy) is 6. The number of carbonyl (C=O) groups is 3. The van der Waals surface area contributed by atoms with Gasteiger partial charge in [-0.2, -0.15) is 0 Å². The van der Waals surface area contributed by atoms with Crippen LogP contribution in [-0.4, -0.2) is 40.2 Å². The van der Waals surface area contributed by atoms with Gasteiger partial charge in [-0.3, -0.25) is 14.4 Å². The molecule has 0 spiro atoms. The smallest absolute Gasteiger partial charge is 0.161 e. The normalized spacial score (nSPS) is 11.6. The van der Waals surface area contributed by atoms with Gasteiger partial charge in [-0.1, -0.05) is 146 Å². The summed E-state index contributed by atoms with van der Waals surface area (Å²) in [6.45, 7) is 0.965. The van der Waals surface area contributed by atoms with Crippen LogP contribution >= 0.6 is 0 Å². The molecular weight excluding hydrogens is 937 g/mol. The van der Waals surface area contributed by atoms with Crippen molar-refractivity contribution in [1.82, 2.24) is 0 Å². The lowest BCUT2D eigenvalue weighted by atomic mass is 9.94. The van der Waals surface area contributed by atoms with Gasteiger partial charge in [0.05, 0.1) is 21.3 Å². The lowest BCUT2D eigenvalue weighted by Gasteiger charge is -2.18. The molecule has 1 aliphatic rings. The Labute approximate surface area is 436 Å². The van der Waals surface area contributed by atoms with Crippen LogP contribution in [0.25, 0.3) is 33.4 Å². The molecule has 10 rings (SSSR count). The molecule has 0 radical (unpaired) electrons. The van der Waals surface area contributed by atoms with Crippen LogP contribution in [0.5, 0.6) is 34.5 Å². The summed E-state index contributed by atoms with van der Waals surface area (Å²) >= 11 is 0. The molecule has 9 aromatic carbocycles. The summed E-state index contributed by atoms with van der Waals surface area (Å²) in [4.78, 5) is 33.6. The summed E-state index contributed by atoms with van der Waals surface area (Å²) in [5.41, 5.74) is 17.6. The Bertz CT molecular complexity index is 3100. The van der Waals surface area contributed by atoms with Gasteiger partial charge < -0.3 is 28.4 Å². The fourth-order valence-electron chi connectivity index (χ4n) is 9.48. The molecule has 0 saturated heterocycles. The molecule has 9 nitrogen and oxygen atoms in total. The molecule has 372 valence electrons. The van der Waals surface area contributed by atoms with Crippen molar-refractivity contribution in [2.75, 3.05) is 21.3 Å². The first-order chi connectivity index (χ1) is 36.8. The van der Waals surface area contributed by atoms with E-state index in [2.05, 4.69) is 109 Å². The number of methoxy groups -OCH3 is 3. The van der Waals surface area contributed by atoms with Crippen molar-refractivity contribution in [3.05, 3.63) is 249 Å². The molecule has 0 bridgehead atoms. The molecule has 75 heavy (non-hydrogen) atoms. The van der Waals surface area contributed by atoms with E-state index in [1.54, 1.807) is 21.3 Å². The second-order valence-electron chi connectivity index (χ2n) is 18.5. The largest absolute Gasteiger partial charge is 0.493 e. The first-order valence-electron chi connectivity index (χ1n) is 24.7. The summed E-state index contributed by atoms with van der Waals surface area (Å²) in [7, 11) is 5.00. The van der Waals surface area contributed by atoms with Gasteiger partial charge in [0.1, 0.15) is 38.7 Å². The van der Waals surface area contributed by atoms with Gasteiger partial charge in [0.2, 0.25) is 0 Å². The quantitative estimate of drug-likeness (QED) is 0.0777. The maximum Gasteiger partial charge on any atom is 0.161 e. The van der Waals surface area contributed by atoms with E-state index in [0.717, 1.165) is 102 Å². The van der Waals surface area contributed by atoms with E-state index in [9.17, 15) is 14.4 Å². The molecule has 9 aromatic rings. The van der Waals surface area contributed by atoms with Crippen LogP contribution in [0.1, 0.15) is 81.1 Å². The van der Waals surface area contributed by atoms with E-state index in [1.807, 2.05) is 72.8 Å². The van der Waals surface area contributed by atoms with Crippen LogP contribution in [0.15, 0.2) is 182 Å². The highest BCUT2D eigenvalue weighted by atomic mass is 16.5. The minimum absolute atomic E-state index is 0.322. The van der Waals surface area contributed by atoms with Gasteiger partial charge in [0.25, 0.3) is 0 Å². The van der Waals surface area contributed by atoms with Crippen LogP contribution < -0.4 is 28.4 Å². The van der Waals surface area contributed by atoms with Crippen LogP contribution in [0.4, 0.5) is 0 Å². The Morgan fingerprint density at radius 3 is 0.693 bits per heavy atom. The fourth-order valence-corrected chi connectivity index (χ4v) is 9.48. The number of aldehydes is 3. The summed E-state index contributed by atoms with van der Waals surface area (Å²) in [5.74, 6) is 3.76. The molecule has 0 heterocycles. The van der Waals surface area contributed by atoms with E-state index in [0.29, 0.717) is 90.3 Å². The summed E-state index contributed by atoms with van der Waals surface area (Å²) < 4.78 is 37.9. The highest BCUT2D eigenvalue weighted by molar-refractivity contribution is 5.78. The first-order valence-corrected chi connectivity index (χ1v) is 24.7. The Hall–Kier alpha value is -9.21. The summed E-state index contributed by atoms with van der Waals surface area (Å²) in [6.07, 6.45) is 4.29. The van der Waals surface area contributed by atoms with Crippen LogP contribution in [0.2, 0.25) is 0 Å². The third-order valence-corrected chi connectivity index (χ3v) is 13.8. The van der Waals surface area contributed by atoms with E-state index >= 15 is 0 Å². The van der Waals surface area contributed by atoms with Crippen molar-refractivity contribution in [2.24, 2.45) is 0 Å². The lowest BCUT2D eigenvalue weighted by molar-refractivity contribution is 0.111. The zero-order chi connectivity index (χ0) is 51.7. The molecule has 0 saturated carbocycles. The SMILES string of the molecule is COc1cc2c(cc1OCc1ccc(-c3ccc(C=O)cc3)cc1)Cc1cc(OC)c(OCc3ccc(-c4ccc(C=O)cc4)cc3)cc1Cc1cc(OC)c(OCc3ccc(-c4ccc(C=O)cc4)cc3)cc1C2. The van der Waals surface area contributed by atoms with Crippen LogP contribution in [0, 0.1) is 0 Å². The number of hydrogen-bond donors (Lipinski definition) is 0. The van der Waals surface area contributed by atoms with Crippen LogP contribution in [0.3, 0.4) is 0 Å². The second-order valence-corrected chi connectivity index (χ2v) is 18.5. The lowest BCUT2D eigenvalue weighted by Crippen LogP contribution is -2.04. The van der Waals surface area contributed by atoms with Crippen LogP contribution in [-0.2, 0) is 39.1 Å². The molecule has 0 N–H and O–H groups in total. The molecule has 0 amide bonds. The third-order valence-electron chi connectivity index (χ3n) is 13.8. The average molecular weight is 991 g/mol. The molecule has 1 aliphatic carbocycles. The Morgan fingerprint density at radius 1 is 0.293 bits per heavy atom. The number of benzene rings is 9. The van der Waals surface area contributed by atoms with Gasteiger partial charge in [-0.25, -0.2) is 0 Å². The molecule has 0 atom stereocenters. The number of hydrogen-bond acceptors (Lipinski definition) is 9. The van der Waals surface area contributed by atoms with Crippen molar-refractivity contribution in [2.45, 2.75) is 39.1 Å². The van der Waals surface area contributed by atoms with Gasteiger partial charge in [-0.15, -0.1) is 0 Å². The molecule has 0 aliphatic heterocycles. The number of rotatable bonds is 18. The molecule has 0 unspecified atom stereocenters. The van der Waals surface area contributed by atoms with Gasteiger partial charge in [-0.05, 0) is 139 Å². The van der Waals surface area contributed by atoms with Crippen molar-refractivity contribution < 1.29 is 42.8 Å². The van der Waals surface area contributed by atoms with Crippen molar-refractivity contribution in [3.8, 4) is 67.9 Å². The molecular formula is C66H54O9. The Kier molecular flexibility index (Phi) is 14.9. The van der Waals surface area contributed by atoms with Crippen molar-refractivity contribution in [1.29, 1.82) is 0 Å². The predicted molar refractivity (Wildman–Crippen MR) is 292 cm³/mol. The average Bonchev–Trinajstić information content (AvgIpc) is 3.52. The Morgan fingerprint density at radius 2 is 0.493 bits per heavy atom. The molecule has 9 heteroatoms. The topological polar surface area (TPSA) is 107 Å². The third kappa shape index (κ3) is 11.4. The predicted octanol–water partition coefficient (Wildman–Crippen LogP) is 14.0. The van der Waals surface area contributed by atoms with E-state index in [-0.39, 0.29) is 0 Å². The zero-order valence-electron chi connectivity index (χ0n) is 42.0. The Balaban J connectivity index is 0.960. The summed E-state index contributed by atoms with van der Waals surface area (Å²) in [6, 6.07) is 59.9. The maximum atomic E-state index is 11.2. The van der Waals surface area contributed by atoms with E-state index < -0.39 is 0 Å². The van der Waals surface area contributed by atoms with Gasteiger partial charge in [0, 0.05) is 16.7 Å². The van der Waals surface area contributed by atoms with E-state index in [4.69, 9.17) is 28.4 Å². The minimum Gasteiger partial charge on any atom is -0.493 e. The molecule has 0 aromatic heterocycles. The summed E-state index contributed by atoms with van der Waals surface area (Å²) in [5, 5.41) is 0. The standard InChI is InChI=1S/C66H54O9/c1-70-61-31-55-28-59-35-65(74-41-47-12-24-53(25-13-47)50-18-6-44(38-68)7-19-50)63(72-3)33-57(59)30-60-36-66(75-42-48-14-26-54(27-15-48)51-20-8-45(39-69)9-21-51)62(71-2)32-56(60)29-58(55)34-64(61)73-40-46-10-22-52(23-11-46)49-16-4-43(37-67)5-17-49/h4-27,31-39H,28-30,40-42H2,1-3H3. The minimum atomic E-state index is 0.322. The van der Waals surface area contributed by atoms with Gasteiger partial charge >= 0.3 is 0 Å². The maximum absolute atomic E-state index is 11.2. The van der Waals surface area contributed by atoms with Gasteiger partial charge in [0.15, 0.2) is 34.5 Å². The monoisotopic (exact) mass is 990 g/mol. The fraction of sp³-hybridized carbons (Fsp3) is 0.136. The van der Waals surface area contributed by atoms with Crippen molar-refractivity contribution in [3.63, 3.8) is 0 Å². The second kappa shape index (κ2) is 22.7. The van der Waals surface area contributed by atoms with Crippen molar-refractivity contribution >= 4 is 18.9 Å². The number of fused-ring (bicyclic) bond motifs is 3. The number of carbonyl (C=O) groups excluding carboxylic acids is 3. The first kappa shape index (κ1) is 49.4.